The number of fused-ring (bicyclic) bond motifs is 1. The number of nitrogens with one attached hydrogen (secondary N) is 2. The van der Waals surface area contributed by atoms with E-state index in [2.05, 4.69) is 20.5 Å². The monoisotopic (exact) mass is 428 g/mol. The zero-order valence-electron chi connectivity index (χ0n) is 17.8. The summed E-state index contributed by atoms with van der Waals surface area (Å²) in [6.45, 7) is 1.94. The Balaban J connectivity index is 1.28. The van der Waals surface area contributed by atoms with Gasteiger partial charge in [-0.05, 0) is 36.8 Å². The maximum Gasteiger partial charge on any atom is 0.272 e. The summed E-state index contributed by atoms with van der Waals surface area (Å²) in [4.78, 5) is 23.5. The number of likely N-dealkylation sites (tertiary alicyclic amines) is 1. The fourth-order valence-corrected chi connectivity index (χ4v) is 4.15. The van der Waals surface area contributed by atoms with Gasteiger partial charge in [0.2, 0.25) is 0 Å². The first-order chi connectivity index (χ1) is 15.7. The summed E-state index contributed by atoms with van der Waals surface area (Å²) in [5, 5.41) is 11.7. The average Bonchev–Trinajstić information content (AvgIpc) is 3.50. The average molecular weight is 428 g/mol. The number of aromatic amines is 1. The number of amides is 1. The Morgan fingerprint density at radius 2 is 2.06 bits per heavy atom. The highest BCUT2D eigenvalue weighted by molar-refractivity contribution is 5.92. The van der Waals surface area contributed by atoms with Crippen LogP contribution in [0.2, 0.25) is 0 Å². The molecule has 3 aromatic heterocycles. The molecule has 4 heterocycles. The molecule has 1 amide bonds. The molecule has 0 spiro atoms. The van der Waals surface area contributed by atoms with Crippen LogP contribution in [0, 0.1) is 0 Å². The molecule has 0 aliphatic carbocycles. The number of carbonyl (C=O) groups is 1. The number of carbonyl (C=O) groups excluding carboxylic acids is 1. The molecule has 1 atom stereocenters. The molecular weight excluding hydrogens is 404 g/mol. The smallest absolute Gasteiger partial charge is 0.272 e. The second-order valence-electron chi connectivity index (χ2n) is 7.82. The Kier molecular flexibility index (Phi) is 5.41. The second-order valence-corrected chi connectivity index (χ2v) is 7.82. The van der Waals surface area contributed by atoms with E-state index in [0.717, 1.165) is 40.3 Å². The van der Waals surface area contributed by atoms with Gasteiger partial charge in [-0.15, -0.1) is 0 Å². The minimum Gasteiger partial charge on any atom is -0.496 e. The Hall–Kier alpha value is -3.94. The Labute approximate surface area is 185 Å². The van der Waals surface area contributed by atoms with Gasteiger partial charge in [0.1, 0.15) is 11.4 Å². The first-order valence-electron chi connectivity index (χ1n) is 10.6. The van der Waals surface area contributed by atoms with Gasteiger partial charge in [-0.25, -0.2) is 4.98 Å². The molecule has 1 saturated heterocycles. The van der Waals surface area contributed by atoms with E-state index < -0.39 is 0 Å². The number of H-pyrrole nitrogens is 1. The highest BCUT2D eigenvalue weighted by Crippen LogP contribution is 2.29. The molecule has 1 aliphatic heterocycles. The van der Waals surface area contributed by atoms with Crippen LogP contribution in [0.3, 0.4) is 0 Å². The second kappa shape index (κ2) is 8.66. The van der Waals surface area contributed by atoms with E-state index in [0.29, 0.717) is 25.3 Å². The molecule has 1 aromatic carbocycles. The van der Waals surface area contributed by atoms with Gasteiger partial charge in [0.05, 0.1) is 12.5 Å². The molecule has 32 heavy (non-hydrogen) atoms. The molecule has 8 heteroatoms. The lowest BCUT2D eigenvalue weighted by Gasteiger charge is -2.16. The van der Waals surface area contributed by atoms with Crippen molar-refractivity contribution in [3.05, 3.63) is 77.7 Å². The molecule has 2 N–H and O–H groups in total. The SMILES string of the molecule is COc1ccccc1CNc1n[nH]c2nc([C@H]3CCN(C(=O)c4ccccn4)C3)ccc12. The zero-order chi connectivity index (χ0) is 21.9. The van der Waals surface area contributed by atoms with Crippen molar-refractivity contribution in [3.63, 3.8) is 0 Å². The van der Waals surface area contributed by atoms with Gasteiger partial charge in [-0.1, -0.05) is 24.3 Å². The van der Waals surface area contributed by atoms with Gasteiger partial charge in [0.15, 0.2) is 11.5 Å². The number of methoxy groups -OCH3 is 1. The topological polar surface area (TPSA) is 96.0 Å². The molecule has 0 unspecified atom stereocenters. The van der Waals surface area contributed by atoms with Crippen molar-refractivity contribution in [1.29, 1.82) is 0 Å². The first-order valence-corrected chi connectivity index (χ1v) is 10.6. The number of para-hydroxylation sites is 1. The number of pyridine rings is 2. The van der Waals surface area contributed by atoms with Crippen molar-refractivity contribution in [1.82, 2.24) is 25.1 Å². The lowest BCUT2D eigenvalue weighted by molar-refractivity contribution is 0.0785. The summed E-state index contributed by atoms with van der Waals surface area (Å²) in [5.74, 6) is 1.76. The third-order valence-corrected chi connectivity index (χ3v) is 5.86. The highest BCUT2D eigenvalue weighted by Gasteiger charge is 2.29. The van der Waals surface area contributed by atoms with E-state index in [-0.39, 0.29) is 11.8 Å². The number of aromatic nitrogens is 4. The summed E-state index contributed by atoms with van der Waals surface area (Å²) < 4.78 is 5.42. The van der Waals surface area contributed by atoms with E-state index >= 15 is 0 Å². The lowest BCUT2D eigenvalue weighted by Crippen LogP contribution is -2.29. The van der Waals surface area contributed by atoms with Crippen LogP contribution in [-0.2, 0) is 6.54 Å². The van der Waals surface area contributed by atoms with Crippen molar-refractivity contribution in [2.75, 3.05) is 25.5 Å². The largest absolute Gasteiger partial charge is 0.496 e. The van der Waals surface area contributed by atoms with Gasteiger partial charge < -0.3 is 15.0 Å². The Morgan fingerprint density at radius 1 is 1.19 bits per heavy atom. The summed E-state index contributed by atoms with van der Waals surface area (Å²) >= 11 is 0. The lowest BCUT2D eigenvalue weighted by atomic mass is 10.0. The summed E-state index contributed by atoms with van der Waals surface area (Å²) in [6, 6.07) is 17.4. The van der Waals surface area contributed by atoms with Gasteiger partial charge in [0.25, 0.3) is 5.91 Å². The van der Waals surface area contributed by atoms with Crippen LogP contribution in [0.4, 0.5) is 5.82 Å². The molecule has 8 nitrogen and oxygen atoms in total. The summed E-state index contributed by atoms with van der Waals surface area (Å²) in [6.07, 6.45) is 2.53. The van der Waals surface area contributed by atoms with E-state index in [1.807, 2.05) is 53.4 Å². The number of hydrogen-bond donors (Lipinski definition) is 2. The zero-order valence-corrected chi connectivity index (χ0v) is 17.8. The van der Waals surface area contributed by atoms with Crippen LogP contribution in [-0.4, -0.2) is 51.2 Å². The molecule has 0 radical (unpaired) electrons. The van der Waals surface area contributed by atoms with E-state index in [1.165, 1.54) is 0 Å². The van der Waals surface area contributed by atoms with Crippen molar-refractivity contribution in [2.24, 2.45) is 0 Å². The van der Waals surface area contributed by atoms with Crippen LogP contribution in [0.5, 0.6) is 5.75 Å². The number of nitrogens with zero attached hydrogens (tertiary/aromatic N) is 4. The molecule has 162 valence electrons. The van der Waals surface area contributed by atoms with Crippen LogP contribution in [0.25, 0.3) is 11.0 Å². The normalized spacial score (nSPS) is 15.8. The molecule has 1 aliphatic rings. The molecule has 0 saturated carbocycles. The first kappa shape index (κ1) is 20.0. The van der Waals surface area contributed by atoms with Gasteiger partial charge in [-0.3, -0.25) is 14.9 Å². The molecule has 1 fully saturated rings. The van der Waals surface area contributed by atoms with Crippen molar-refractivity contribution in [2.45, 2.75) is 18.9 Å². The van der Waals surface area contributed by atoms with Crippen molar-refractivity contribution >= 4 is 22.8 Å². The van der Waals surface area contributed by atoms with E-state index in [1.54, 1.807) is 19.4 Å². The minimum atomic E-state index is -0.0291. The third kappa shape index (κ3) is 3.87. The minimum absolute atomic E-state index is 0.0291. The van der Waals surface area contributed by atoms with E-state index in [4.69, 9.17) is 9.72 Å². The van der Waals surface area contributed by atoms with Crippen molar-refractivity contribution < 1.29 is 9.53 Å². The number of ether oxygens (including phenoxy) is 1. The maximum atomic E-state index is 12.7. The summed E-state index contributed by atoms with van der Waals surface area (Å²) in [7, 11) is 1.67. The standard InChI is InChI=1S/C24H24N6O2/c1-32-21-8-3-2-6-16(21)14-26-22-18-9-10-19(27-23(18)29-28-22)17-11-13-30(15-17)24(31)20-7-4-5-12-25-20/h2-10,12,17H,11,13-15H2,1H3,(H2,26,27,28,29)/t17-/m0/s1. The van der Waals surface area contributed by atoms with Gasteiger partial charge >= 0.3 is 0 Å². The highest BCUT2D eigenvalue weighted by atomic mass is 16.5. The van der Waals surface area contributed by atoms with Crippen LogP contribution in [0.1, 0.15) is 34.1 Å². The molecule has 4 aromatic rings. The van der Waals surface area contributed by atoms with Gasteiger partial charge in [-0.2, -0.15) is 5.10 Å². The summed E-state index contributed by atoms with van der Waals surface area (Å²) in [5.41, 5.74) is 3.24. The fraction of sp³-hybridized carbons (Fsp3) is 0.250. The Bertz CT molecular complexity index is 1240. The van der Waals surface area contributed by atoms with Crippen LogP contribution >= 0.6 is 0 Å². The number of hydrogen-bond acceptors (Lipinski definition) is 6. The fourth-order valence-electron chi connectivity index (χ4n) is 4.15. The quantitative estimate of drug-likeness (QED) is 0.487. The van der Waals surface area contributed by atoms with E-state index in [9.17, 15) is 4.79 Å². The number of benzene rings is 1. The predicted octanol–water partition coefficient (Wildman–Crippen LogP) is 3.60. The van der Waals surface area contributed by atoms with Gasteiger partial charge in [0, 0.05) is 43.0 Å². The Morgan fingerprint density at radius 3 is 2.91 bits per heavy atom. The maximum absolute atomic E-state index is 12.7. The molecular formula is C24H24N6O2. The number of rotatable bonds is 6. The molecule has 0 bridgehead atoms. The third-order valence-electron chi connectivity index (χ3n) is 5.86. The molecule has 5 rings (SSSR count). The van der Waals surface area contributed by atoms with Crippen LogP contribution in [0.15, 0.2) is 60.8 Å². The predicted molar refractivity (Wildman–Crippen MR) is 122 cm³/mol. The van der Waals surface area contributed by atoms with Crippen LogP contribution < -0.4 is 10.1 Å². The number of anilines is 1. The van der Waals surface area contributed by atoms with Crippen molar-refractivity contribution in [3.8, 4) is 5.75 Å².